The monoisotopic (exact) mass is 386 g/mol. The van der Waals surface area contributed by atoms with Gasteiger partial charge < -0.3 is 15.3 Å². The van der Waals surface area contributed by atoms with Gasteiger partial charge in [-0.05, 0) is 56.8 Å². The summed E-state index contributed by atoms with van der Waals surface area (Å²) in [6, 6.07) is 0. The maximum Gasteiger partial charge on any atom is 0.190 e. The van der Waals surface area contributed by atoms with Crippen molar-refractivity contribution in [2.24, 2.45) is 28.6 Å². The van der Waals surface area contributed by atoms with Crippen molar-refractivity contribution in [3.63, 3.8) is 0 Å². The van der Waals surface area contributed by atoms with Gasteiger partial charge in [-0.1, -0.05) is 55.7 Å². The van der Waals surface area contributed by atoms with E-state index in [0.717, 1.165) is 32.1 Å². The third kappa shape index (κ3) is 2.44. The van der Waals surface area contributed by atoms with Crippen molar-refractivity contribution in [1.29, 1.82) is 0 Å². The van der Waals surface area contributed by atoms with Crippen LogP contribution in [0.2, 0.25) is 0 Å². The van der Waals surface area contributed by atoms with Gasteiger partial charge in [-0.2, -0.15) is 0 Å². The Bertz CT molecular complexity index is 765. The molecule has 0 amide bonds. The van der Waals surface area contributed by atoms with Crippen LogP contribution in [0.5, 0.6) is 0 Å². The van der Waals surface area contributed by atoms with E-state index in [0.29, 0.717) is 12.3 Å². The molecule has 0 aliphatic heterocycles. The van der Waals surface area contributed by atoms with Crippen LogP contribution in [0.1, 0.15) is 59.3 Å². The van der Waals surface area contributed by atoms with Crippen LogP contribution in [0, 0.1) is 28.6 Å². The molecule has 0 aromatic carbocycles. The molecular weight excluding hydrogens is 352 g/mol. The maximum atomic E-state index is 12.8. The van der Waals surface area contributed by atoms with Crippen LogP contribution >= 0.6 is 0 Å². The molecule has 4 heteroatoms. The minimum Gasteiger partial charge on any atom is -0.388 e. The first-order valence-corrected chi connectivity index (χ1v) is 10.9. The van der Waals surface area contributed by atoms with Crippen LogP contribution in [-0.2, 0) is 4.79 Å². The number of ketones is 1. The number of allylic oxidation sites excluding steroid dienone is 4. The second kappa shape index (κ2) is 6.65. The van der Waals surface area contributed by atoms with Crippen molar-refractivity contribution in [1.82, 2.24) is 0 Å². The Balaban J connectivity index is 1.77. The van der Waals surface area contributed by atoms with Gasteiger partial charge in [0.2, 0.25) is 0 Å². The Morgan fingerprint density at radius 3 is 2.75 bits per heavy atom. The van der Waals surface area contributed by atoms with E-state index >= 15 is 0 Å². The van der Waals surface area contributed by atoms with E-state index in [1.807, 2.05) is 12.2 Å². The average molecular weight is 387 g/mol. The molecule has 28 heavy (non-hydrogen) atoms. The molecule has 0 radical (unpaired) electrons. The predicted octanol–water partition coefficient (Wildman–Crippen LogP) is 3.32. The third-order valence-electron chi connectivity index (χ3n) is 8.65. The van der Waals surface area contributed by atoms with Crippen molar-refractivity contribution < 1.29 is 20.1 Å². The normalized spacial score (nSPS) is 46.9. The molecule has 3 unspecified atom stereocenters. The molecule has 0 aromatic heterocycles. The standard InChI is InChI=1S/C24H34O4/c1-4-5-16-13-20-18-7-6-15-12-17(26)8-10-22(15,2)19(18)9-11-23(20,3)24(16,28)21(27)14-25/h8-10,12,16-18,20,25-26,28H,4-7,11,13-14H2,1-3H3/t16-,17?,18?,20?,22+,23+,24+/m1/s1. The second-order valence-corrected chi connectivity index (χ2v) is 9.85. The number of aliphatic hydroxyl groups excluding tert-OH is 2. The summed E-state index contributed by atoms with van der Waals surface area (Å²) in [5.41, 5.74) is 0.548. The Labute approximate surface area is 168 Å². The van der Waals surface area contributed by atoms with Crippen LogP contribution in [0.25, 0.3) is 0 Å². The molecule has 4 aliphatic carbocycles. The van der Waals surface area contributed by atoms with Crippen LogP contribution in [0.3, 0.4) is 0 Å². The number of carbonyl (C=O) groups is 1. The van der Waals surface area contributed by atoms with Crippen LogP contribution in [0.4, 0.5) is 0 Å². The quantitative estimate of drug-likeness (QED) is 0.648. The molecule has 0 saturated heterocycles. The molecule has 2 fully saturated rings. The number of Topliss-reactive ketones (excluding diaryl/α,β-unsaturated/α-hetero) is 1. The lowest BCUT2D eigenvalue weighted by atomic mass is 9.51. The molecule has 4 nitrogen and oxygen atoms in total. The van der Waals surface area contributed by atoms with Gasteiger partial charge in [-0.3, -0.25) is 4.79 Å². The van der Waals surface area contributed by atoms with Gasteiger partial charge in [0.15, 0.2) is 5.78 Å². The lowest BCUT2D eigenvalue weighted by Crippen LogP contribution is -2.57. The minimum absolute atomic E-state index is 0.0895. The van der Waals surface area contributed by atoms with Crippen LogP contribution in [0.15, 0.2) is 35.5 Å². The van der Waals surface area contributed by atoms with Gasteiger partial charge in [0, 0.05) is 10.8 Å². The van der Waals surface area contributed by atoms with Crippen molar-refractivity contribution in [2.45, 2.75) is 71.0 Å². The number of aliphatic hydroxyl groups is 3. The molecule has 0 heterocycles. The first-order valence-electron chi connectivity index (χ1n) is 10.9. The van der Waals surface area contributed by atoms with E-state index in [1.165, 1.54) is 11.1 Å². The van der Waals surface area contributed by atoms with E-state index in [2.05, 4.69) is 32.9 Å². The fourth-order valence-corrected chi connectivity index (χ4v) is 7.16. The van der Waals surface area contributed by atoms with Crippen molar-refractivity contribution in [3.8, 4) is 0 Å². The molecule has 3 N–H and O–H groups in total. The Hall–Kier alpha value is -1.23. The number of carbonyl (C=O) groups excluding carboxylic acids is 1. The predicted molar refractivity (Wildman–Crippen MR) is 108 cm³/mol. The maximum absolute atomic E-state index is 12.8. The molecule has 0 bridgehead atoms. The first-order chi connectivity index (χ1) is 13.2. The van der Waals surface area contributed by atoms with Crippen molar-refractivity contribution in [2.75, 3.05) is 6.61 Å². The number of hydrogen-bond donors (Lipinski definition) is 3. The summed E-state index contributed by atoms with van der Waals surface area (Å²) in [6.07, 6.45) is 13.0. The molecule has 0 aromatic rings. The zero-order chi connectivity index (χ0) is 20.3. The van der Waals surface area contributed by atoms with Crippen LogP contribution < -0.4 is 0 Å². The smallest absolute Gasteiger partial charge is 0.190 e. The Morgan fingerprint density at radius 2 is 2.07 bits per heavy atom. The fraction of sp³-hybridized carbons (Fsp3) is 0.708. The molecule has 154 valence electrons. The highest BCUT2D eigenvalue weighted by Crippen LogP contribution is 2.67. The Kier molecular flexibility index (Phi) is 4.76. The molecule has 4 aliphatic rings. The summed E-state index contributed by atoms with van der Waals surface area (Å²) >= 11 is 0. The third-order valence-corrected chi connectivity index (χ3v) is 8.65. The fourth-order valence-electron chi connectivity index (χ4n) is 7.16. The number of fused-ring (bicyclic) bond motifs is 5. The number of hydrogen-bond acceptors (Lipinski definition) is 4. The first kappa shape index (κ1) is 20.1. The van der Waals surface area contributed by atoms with Gasteiger partial charge >= 0.3 is 0 Å². The zero-order valence-corrected chi connectivity index (χ0v) is 17.3. The van der Waals surface area contributed by atoms with Gasteiger partial charge in [0.1, 0.15) is 12.2 Å². The van der Waals surface area contributed by atoms with E-state index < -0.39 is 29.5 Å². The van der Waals surface area contributed by atoms with E-state index in [9.17, 15) is 20.1 Å². The van der Waals surface area contributed by atoms with E-state index in [4.69, 9.17) is 0 Å². The molecule has 0 spiro atoms. The minimum atomic E-state index is -1.44. The number of rotatable bonds is 4. The van der Waals surface area contributed by atoms with E-state index in [-0.39, 0.29) is 17.3 Å². The highest BCUT2D eigenvalue weighted by molar-refractivity contribution is 5.90. The largest absolute Gasteiger partial charge is 0.388 e. The lowest BCUT2D eigenvalue weighted by molar-refractivity contribution is -0.162. The summed E-state index contributed by atoms with van der Waals surface area (Å²) in [5, 5.41) is 31.4. The van der Waals surface area contributed by atoms with Gasteiger partial charge in [-0.15, -0.1) is 0 Å². The van der Waals surface area contributed by atoms with Crippen molar-refractivity contribution in [3.05, 3.63) is 35.5 Å². The average Bonchev–Trinajstić information content (AvgIpc) is 2.90. The van der Waals surface area contributed by atoms with Gasteiger partial charge in [0.25, 0.3) is 0 Å². The van der Waals surface area contributed by atoms with Gasteiger partial charge in [-0.25, -0.2) is 0 Å². The SMILES string of the molecule is CCC[C@@H]1CC2C3CCC4=CC(O)C=C[C@]4(C)C3=CC[C@]2(C)[C@@]1(O)C(=O)CO. The van der Waals surface area contributed by atoms with Gasteiger partial charge in [0.05, 0.1) is 6.10 Å². The van der Waals surface area contributed by atoms with Crippen LogP contribution in [-0.4, -0.2) is 39.4 Å². The Morgan fingerprint density at radius 1 is 1.32 bits per heavy atom. The topological polar surface area (TPSA) is 77.8 Å². The summed E-state index contributed by atoms with van der Waals surface area (Å²) in [4.78, 5) is 12.8. The summed E-state index contributed by atoms with van der Waals surface area (Å²) in [6.45, 7) is 5.81. The lowest BCUT2D eigenvalue weighted by Gasteiger charge is -2.54. The zero-order valence-electron chi connectivity index (χ0n) is 17.3. The second-order valence-electron chi connectivity index (χ2n) is 9.85. The highest BCUT2D eigenvalue weighted by atomic mass is 16.3. The molecule has 2 saturated carbocycles. The summed E-state index contributed by atoms with van der Waals surface area (Å²) < 4.78 is 0. The molecular formula is C24H34O4. The molecule has 7 atom stereocenters. The highest BCUT2D eigenvalue weighted by Gasteiger charge is 2.67. The van der Waals surface area contributed by atoms with E-state index in [1.54, 1.807) is 0 Å². The van der Waals surface area contributed by atoms with Crippen molar-refractivity contribution >= 4 is 5.78 Å². The summed E-state index contributed by atoms with van der Waals surface area (Å²) in [7, 11) is 0. The molecule has 4 rings (SSSR count). The summed E-state index contributed by atoms with van der Waals surface area (Å²) in [5.74, 6) is 0.0771.